The summed E-state index contributed by atoms with van der Waals surface area (Å²) in [7, 11) is 0. The summed E-state index contributed by atoms with van der Waals surface area (Å²) in [6.45, 7) is 6.35. The highest BCUT2D eigenvalue weighted by molar-refractivity contribution is 5.85. The van der Waals surface area contributed by atoms with Gasteiger partial charge in [-0.1, -0.05) is 18.2 Å². The van der Waals surface area contributed by atoms with Crippen molar-refractivity contribution in [1.29, 1.82) is 0 Å². The summed E-state index contributed by atoms with van der Waals surface area (Å²) in [6, 6.07) is 7.96. The summed E-state index contributed by atoms with van der Waals surface area (Å²) < 4.78 is 5.67. The van der Waals surface area contributed by atoms with Gasteiger partial charge in [0.15, 0.2) is 0 Å². The Bertz CT molecular complexity index is 492. The quantitative estimate of drug-likeness (QED) is 0.855. The van der Waals surface area contributed by atoms with E-state index in [1.165, 1.54) is 0 Å². The second kappa shape index (κ2) is 8.36. The van der Waals surface area contributed by atoms with Gasteiger partial charge in [-0.3, -0.25) is 9.69 Å². The standard InChI is InChI=1S/C16H23N3O2.ClH/c20-16(18-7-10-19-8-5-17-6-9-19)14-11-13-3-1-2-4-15(13)21-12-14;/h1-4,14,17H,5-12H2,(H,18,20);1H. The number of carbonyl (C=O) groups is 1. The number of ether oxygens (including phenoxy) is 1. The fourth-order valence-electron chi connectivity index (χ4n) is 2.91. The second-order valence-corrected chi connectivity index (χ2v) is 5.70. The highest BCUT2D eigenvalue weighted by atomic mass is 35.5. The molecule has 1 unspecified atom stereocenters. The number of nitrogens with one attached hydrogen (secondary N) is 2. The number of para-hydroxylation sites is 1. The smallest absolute Gasteiger partial charge is 0.226 e. The average molecular weight is 326 g/mol. The van der Waals surface area contributed by atoms with Crippen molar-refractivity contribution < 1.29 is 9.53 Å². The zero-order chi connectivity index (χ0) is 14.5. The topological polar surface area (TPSA) is 53.6 Å². The van der Waals surface area contributed by atoms with Crippen LogP contribution in [-0.4, -0.2) is 56.7 Å². The molecular formula is C16H24ClN3O2. The minimum atomic E-state index is -0.0667. The van der Waals surface area contributed by atoms with E-state index in [-0.39, 0.29) is 24.2 Å². The van der Waals surface area contributed by atoms with Gasteiger partial charge in [-0.05, 0) is 18.1 Å². The average Bonchev–Trinajstić information content (AvgIpc) is 2.55. The lowest BCUT2D eigenvalue weighted by Crippen LogP contribution is -2.47. The summed E-state index contributed by atoms with van der Waals surface area (Å²) in [5.41, 5.74) is 1.13. The molecule has 1 saturated heterocycles. The van der Waals surface area contributed by atoms with Crippen LogP contribution in [0.5, 0.6) is 5.75 Å². The third kappa shape index (κ3) is 4.35. The van der Waals surface area contributed by atoms with Crippen LogP contribution in [0.3, 0.4) is 0 Å². The molecule has 1 aromatic rings. The van der Waals surface area contributed by atoms with Gasteiger partial charge >= 0.3 is 0 Å². The number of fused-ring (bicyclic) bond motifs is 1. The Morgan fingerprint density at radius 2 is 2.09 bits per heavy atom. The Hall–Kier alpha value is -1.30. The molecule has 6 heteroatoms. The molecule has 0 saturated carbocycles. The Labute approximate surface area is 137 Å². The van der Waals surface area contributed by atoms with Gasteiger partial charge in [0.1, 0.15) is 12.4 Å². The van der Waals surface area contributed by atoms with Gasteiger partial charge in [0.25, 0.3) is 0 Å². The van der Waals surface area contributed by atoms with Crippen molar-refractivity contribution in [2.24, 2.45) is 5.92 Å². The molecule has 2 aliphatic heterocycles. The van der Waals surface area contributed by atoms with Crippen molar-refractivity contribution in [2.45, 2.75) is 6.42 Å². The Morgan fingerprint density at radius 3 is 2.91 bits per heavy atom. The van der Waals surface area contributed by atoms with E-state index in [0.717, 1.165) is 57.0 Å². The molecule has 1 amide bonds. The molecule has 1 fully saturated rings. The Kier molecular flexibility index (Phi) is 6.49. The number of hydrogen-bond donors (Lipinski definition) is 2. The van der Waals surface area contributed by atoms with E-state index in [2.05, 4.69) is 15.5 Å². The number of hydrogen-bond acceptors (Lipinski definition) is 4. The molecule has 0 radical (unpaired) electrons. The van der Waals surface area contributed by atoms with Crippen LogP contribution in [0, 0.1) is 5.92 Å². The largest absolute Gasteiger partial charge is 0.492 e. The first-order chi connectivity index (χ1) is 10.3. The number of nitrogens with zero attached hydrogens (tertiary/aromatic N) is 1. The van der Waals surface area contributed by atoms with E-state index in [1.54, 1.807) is 0 Å². The molecule has 22 heavy (non-hydrogen) atoms. The first-order valence-corrected chi connectivity index (χ1v) is 7.74. The van der Waals surface area contributed by atoms with Crippen LogP contribution in [0.2, 0.25) is 0 Å². The molecule has 2 N–H and O–H groups in total. The number of halogens is 1. The molecule has 0 aromatic heterocycles. The molecule has 0 bridgehead atoms. The molecule has 3 rings (SSSR count). The van der Waals surface area contributed by atoms with Crippen LogP contribution in [0.25, 0.3) is 0 Å². The van der Waals surface area contributed by atoms with Gasteiger partial charge in [0.2, 0.25) is 5.91 Å². The summed E-state index contributed by atoms with van der Waals surface area (Å²) in [5, 5.41) is 6.38. The number of amides is 1. The first kappa shape index (κ1) is 17.1. The number of rotatable bonds is 4. The number of piperazine rings is 1. The molecule has 122 valence electrons. The minimum absolute atomic E-state index is 0. The van der Waals surface area contributed by atoms with Crippen molar-refractivity contribution in [2.75, 3.05) is 45.9 Å². The van der Waals surface area contributed by atoms with E-state index in [9.17, 15) is 4.79 Å². The fourth-order valence-corrected chi connectivity index (χ4v) is 2.91. The zero-order valence-electron chi connectivity index (χ0n) is 12.7. The summed E-state index contributed by atoms with van der Waals surface area (Å²) in [5.74, 6) is 0.963. The molecule has 5 nitrogen and oxygen atoms in total. The van der Waals surface area contributed by atoms with E-state index in [4.69, 9.17) is 4.74 Å². The molecule has 0 spiro atoms. The minimum Gasteiger partial charge on any atom is -0.492 e. The van der Waals surface area contributed by atoms with Crippen molar-refractivity contribution in [3.05, 3.63) is 29.8 Å². The number of benzene rings is 1. The molecule has 1 aromatic carbocycles. The molecule has 2 aliphatic rings. The summed E-state index contributed by atoms with van der Waals surface area (Å²) in [4.78, 5) is 14.6. The third-order valence-corrected chi connectivity index (χ3v) is 4.19. The highest BCUT2D eigenvalue weighted by Gasteiger charge is 2.25. The predicted octanol–water partition coefficient (Wildman–Crippen LogP) is 0.681. The van der Waals surface area contributed by atoms with Gasteiger partial charge in [-0.2, -0.15) is 0 Å². The lowest BCUT2D eigenvalue weighted by Gasteiger charge is -2.28. The van der Waals surface area contributed by atoms with Gasteiger partial charge in [0.05, 0.1) is 5.92 Å². The molecule has 2 heterocycles. The molecule has 1 atom stereocenters. The fraction of sp³-hybridized carbons (Fsp3) is 0.562. The lowest BCUT2D eigenvalue weighted by molar-refractivity contribution is -0.126. The lowest BCUT2D eigenvalue weighted by atomic mass is 9.96. The van der Waals surface area contributed by atoms with Crippen molar-refractivity contribution in [1.82, 2.24) is 15.5 Å². The van der Waals surface area contributed by atoms with Gasteiger partial charge in [-0.25, -0.2) is 0 Å². The van der Waals surface area contributed by atoms with E-state index >= 15 is 0 Å². The second-order valence-electron chi connectivity index (χ2n) is 5.70. The van der Waals surface area contributed by atoms with Crippen LogP contribution < -0.4 is 15.4 Å². The highest BCUT2D eigenvalue weighted by Crippen LogP contribution is 2.26. The maximum atomic E-state index is 12.2. The monoisotopic (exact) mass is 325 g/mol. The maximum absolute atomic E-state index is 12.2. The van der Waals surface area contributed by atoms with Crippen LogP contribution >= 0.6 is 12.4 Å². The van der Waals surface area contributed by atoms with E-state index < -0.39 is 0 Å². The summed E-state index contributed by atoms with van der Waals surface area (Å²) in [6.07, 6.45) is 0.773. The van der Waals surface area contributed by atoms with Crippen LogP contribution in [-0.2, 0) is 11.2 Å². The van der Waals surface area contributed by atoms with Gasteiger partial charge in [-0.15, -0.1) is 12.4 Å². The molecular weight excluding hydrogens is 302 g/mol. The maximum Gasteiger partial charge on any atom is 0.226 e. The third-order valence-electron chi connectivity index (χ3n) is 4.19. The van der Waals surface area contributed by atoms with Gasteiger partial charge in [0, 0.05) is 39.3 Å². The van der Waals surface area contributed by atoms with Crippen molar-refractivity contribution in [3.8, 4) is 5.75 Å². The van der Waals surface area contributed by atoms with Crippen LogP contribution in [0.15, 0.2) is 24.3 Å². The van der Waals surface area contributed by atoms with Gasteiger partial charge < -0.3 is 15.4 Å². The SMILES string of the molecule is Cl.O=C(NCCN1CCNCC1)C1COc2ccccc2C1. The predicted molar refractivity (Wildman–Crippen MR) is 88.7 cm³/mol. The normalized spacial score (nSPS) is 21.2. The first-order valence-electron chi connectivity index (χ1n) is 7.74. The zero-order valence-corrected chi connectivity index (χ0v) is 13.5. The number of carbonyl (C=O) groups excluding carboxylic acids is 1. The Morgan fingerprint density at radius 1 is 1.32 bits per heavy atom. The van der Waals surface area contributed by atoms with Crippen LogP contribution in [0.1, 0.15) is 5.56 Å². The van der Waals surface area contributed by atoms with Crippen molar-refractivity contribution in [3.63, 3.8) is 0 Å². The van der Waals surface area contributed by atoms with Crippen LogP contribution in [0.4, 0.5) is 0 Å². The van der Waals surface area contributed by atoms with E-state index in [1.807, 2.05) is 24.3 Å². The summed E-state index contributed by atoms with van der Waals surface area (Å²) >= 11 is 0. The van der Waals surface area contributed by atoms with E-state index in [0.29, 0.717) is 6.61 Å². The van der Waals surface area contributed by atoms with Crippen molar-refractivity contribution >= 4 is 18.3 Å². The molecule has 0 aliphatic carbocycles. The Balaban J connectivity index is 0.00000176.